The van der Waals surface area contributed by atoms with Crippen molar-refractivity contribution in [1.82, 2.24) is 0 Å². The van der Waals surface area contributed by atoms with Gasteiger partial charge in [0.2, 0.25) is 0 Å². The van der Waals surface area contributed by atoms with Crippen LogP contribution in [-0.2, 0) is 5.41 Å². The first kappa shape index (κ1) is 37.2. The fourth-order valence-electron chi connectivity index (χ4n) is 8.56. The first-order chi connectivity index (χ1) is 29.0. The number of methoxy groups -OCH3 is 4. The van der Waals surface area contributed by atoms with Gasteiger partial charge in [0, 0.05) is 34.1 Å². The molecule has 0 unspecified atom stereocenters. The highest BCUT2D eigenvalue weighted by Gasteiger charge is 2.47. The second-order valence-electron chi connectivity index (χ2n) is 14.4. The molecule has 0 N–H and O–H groups in total. The van der Waals surface area contributed by atoms with E-state index < -0.39 is 5.41 Å². The van der Waals surface area contributed by atoms with Crippen LogP contribution in [0.15, 0.2) is 194 Å². The van der Waals surface area contributed by atoms with Crippen LogP contribution in [0.5, 0.6) is 23.0 Å². The van der Waals surface area contributed by atoms with Crippen molar-refractivity contribution in [3.8, 4) is 34.1 Å². The lowest BCUT2D eigenvalue weighted by Crippen LogP contribution is -2.29. The average Bonchev–Trinajstić information content (AvgIpc) is 3.60. The Bertz CT molecular complexity index is 2400. The SMILES string of the molecule is COc1ccc(N(c2ccc(OC)cc2)c2ccc3c(c2)C(c2ccccc2)(c2ccccc2)c2cc(N(c4ccc(OC)cc4)c4ccc(OC)cc4)ccc2-3)cc1. The molecule has 1 aliphatic carbocycles. The van der Waals surface area contributed by atoms with Gasteiger partial charge in [-0.15, -0.1) is 0 Å². The van der Waals surface area contributed by atoms with Crippen LogP contribution in [0.1, 0.15) is 22.3 Å². The van der Waals surface area contributed by atoms with Gasteiger partial charge in [-0.1, -0.05) is 72.8 Å². The molecule has 6 heteroatoms. The van der Waals surface area contributed by atoms with Crippen LogP contribution >= 0.6 is 0 Å². The Morgan fingerprint density at radius 1 is 0.305 bits per heavy atom. The van der Waals surface area contributed by atoms with Crippen LogP contribution in [0.3, 0.4) is 0 Å². The van der Waals surface area contributed by atoms with Crippen LogP contribution in [0.25, 0.3) is 11.1 Å². The summed E-state index contributed by atoms with van der Waals surface area (Å²) < 4.78 is 22.3. The zero-order valence-electron chi connectivity index (χ0n) is 33.5. The molecule has 0 bridgehead atoms. The fraction of sp³-hybridized carbons (Fsp3) is 0.0943. The van der Waals surface area contributed by atoms with Crippen LogP contribution < -0.4 is 28.7 Å². The van der Waals surface area contributed by atoms with Crippen molar-refractivity contribution in [2.75, 3.05) is 38.2 Å². The summed E-state index contributed by atoms with van der Waals surface area (Å²) in [6.45, 7) is 0. The summed E-state index contributed by atoms with van der Waals surface area (Å²) in [7, 11) is 6.78. The number of anilines is 6. The zero-order valence-corrected chi connectivity index (χ0v) is 33.5. The lowest BCUT2D eigenvalue weighted by molar-refractivity contribution is 0.414. The Labute approximate surface area is 346 Å². The summed E-state index contributed by atoms with van der Waals surface area (Å²) in [6.07, 6.45) is 0. The molecule has 1 aliphatic rings. The predicted octanol–water partition coefficient (Wildman–Crippen LogP) is 13.0. The molecule has 0 saturated heterocycles. The minimum absolute atomic E-state index is 0.670. The fourth-order valence-corrected chi connectivity index (χ4v) is 8.56. The lowest BCUT2D eigenvalue weighted by Gasteiger charge is -2.35. The molecular weight excluding hydrogens is 729 g/mol. The Kier molecular flexibility index (Phi) is 9.97. The van der Waals surface area contributed by atoms with Crippen LogP contribution in [0.2, 0.25) is 0 Å². The van der Waals surface area contributed by atoms with E-state index >= 15 is 0 Å². The number of benzene rings is 8. The van der Waals surface area contributed by atoms with Crippen molar-refractivity contribution in [3.05, 3.63) is 216 Å². The second kappa shape index (κ2) is 15.8. The molecule has 0 aliphatic heterocycles. The van der Waals surface area contributed by atoms with E-state index in [0.717, 1.165) is 57.1 Å². The van der Waals surface area contributed by atoms with Gasteiger partial charge in [-0.3, -0.25) is 0 Å². The third-order valence-electron chi connectivity index (χ3n) is 11.4. The van der Waals surface area contributed by atoms with E-state index in [9.17, 15) is 0 Å². The molecule has 59 heavy (non-hydrogen) atoms. The highest BCUT2D eigenvalue weighted by Crippen LogP contribution is 2.58. The molecule has 0 fully saturated rings. The number of hydrogen-bond donors (Lipinski definition) is 0. The zero-order chi connectivity index (χ0) is 40.3. The normalized spacial score (nSPS) is 12.2. The first-order valence-corrected chi connectivity index (χ1v) is 19.6. The van der Waals surface area contributed by atoms with E-state index in [4.69, 9.17) is 18.9 Å². The lowest BCUT2D eigenvalue weighted by atomic mass is 9.67. The van der Waals surface area contributed by atoms with Gasteiger partial charge >= 0.3 is 0 Å². The van der Waals surface area contributed by atoms with Gasteiger partial charge in [-0.05, 0) is 155 Å². The molecule has 8 aromatic rings. The molecule has 8 aromatic carbocycles. The van der Waals surface area contributed by atoms with Gasteiger partial charge < -0.3 is 28.7 Å². The third-order valence-corrected chi connectivity index (χ3v) is 11.4. The highest BCUT2D eigenvalue weighted by atomic mass is 16.5. The van der Waals surface area contributed by atoms with Crippen LogP contribution in [-0.4, -0.2) is 28.4 Å². The maximum Gasteiger partial charge on any atom is 0.119 e. The predicted molar refractivity (Wildman–Crippen MR) is 239 cm³/mol. The molecule has 0 spiro atoms. The van der Waals surface area contributed by atoms with Gasteiger partial charge in [0.15, 0.2) is 0 Å². The molecule has 0 aromatic heterocycles. The quantitative estimate of drug-likeness (QED) is 0.123. The maximum absolute atomic E-state index is 5.57. The molecular formula is C53H44N2O4. The topological polar surface area (TPSA) is 43.4 Å². The van der Waals surface area contributed by atoms with Crippen molar-refractivity contribution in [3.63, 3.8) is 0 Å². The molecule has 9 rings (SSSR count). The summed E-state index contributed by atoms with van der Waals surface area (Å²) in [5.74, 6) is 3.20. The number of rotatable bonds is 12. The van der Waals surface area contributed by atoms with Crippen LogP contribution in [0.4, 0.5) is 34.1 Å². The van der Waals surface area contributed by atoms with Gasteiger partial charge in [0.05, 0.1) is 33.9 Å². The maximum atomic E-state index is 5.57. The minimum atomic E-state index is -0.670. The summed E-state index contributed by atoms with van der Waals surface area (Å²) in [6, 6.07) is 68.5. The first-order valence-electron chi connectivity index (χ1n) is 19.6. The smallest absolute Gasteiger partial charge is 0.119 e. The van der Waals surface area contributed by atoms with E-state index in [2.05, 4.69) is 155 Å². The highest BCUT2D eigenvalue weighted by molar-refractivity contribution is 5.92. The molecule has 0 saturated carbocycles. The molecule has 6 nitrogen and oxygen atoms in total. The number of nitrogens with zero attached hydrogens (tertiary/aromatic N) is 2. The van der Waals surface area contributed by atoms with Gasteiger partial charge in [-0.2, -0.15) is 0 Å². The Hall–Kier alpha value is -7.44. The molecule has 290 valence electrons. The Morgan fingerprint density at radius 2 is 0.576 bits per heavy atom. The van der Waals surface area contributed by atoms with Gasteiger partial charge in [-0.25, -0.2) is 0 Å². The van der Waals surface area contributed by atoms with Crippen molar-refractivity contribution in [1.29, 1.82) is 0 Å². The number of hydrogen-bond acceptors (Lipinski definition) is 6. The molecule has 0 amide bonds. The molecule has 0 heterocycles. The molecule has 0 radical (unpaired) electrons. The Morgan fingerprint density at radius 3 is 0.847 bits per heavy atom. The van der Waals surface area contributed by atoms with E-state index in [1.807, 2.05) is 48.5 Å². The summed E-state index contributed by atoms with van der Waals surface area (Å²) in [5.41, 5.74) is 12.6. The summed E-state index contributed by atoms with van der Waals surface area (Å²) in [5, 5.41) is 0. The Balaban J connectivity index is 1.30. The number of fused-ring (bicyclic) bond motifs is 3. The van der Waals surface area contributed by atoms with E-state index in [-0.39, 0.29) is 0 Å². The number of ether oxygens (including phenoxy) is 4. The second-order valence-corrected chi connectivity index (χ2v) is 14.4. The van der Waals surface area contributed by atoms with Crippen molar-refractivity contribution < 1.29 is 18.9 Å². The third kappa shape index (κ3) is 6.58. The summed E-state index contributed by atoms with van der Waals surface area (Å²) in [4.78, 5) is 4.59. The minimum Gasteiger partial charge on any atom is -0.497 e. The van der Waals surface area contributed by atoms with Crippen LogP contribution in [0, 0.1) is 0 Å². The van der Waals surface area contributed by atoms with Crippen molar-refractivity contribution in [2.45, 2.75) is 5.41 Å². The van der Waals surface area contributed by atoms with E-state index in [1.165, 1.54) is 33.4 Å². The van der Waals surface area contributed by atoms with E-state index in [0.29, 0.717) is 0 Å². The molecule has 0 atom stereocenters. The van der Waals surface area contributed by atoms with Crippen molar-refractivity contribution >= 4 is 34.1 Å². The average molecular weight is 773 g/mol. The monoisotopic (exact) mass is 772 g/mol. The summed E-state index contributed by atoms with van der Waals surface area (Å²) >= 11 is 0. The van der Waals surface area contributed by atoms with Gasteiger partial charge in [0.25, 0.3) is 0 Å². The van der Waals surface area contributed by atoms with E-state index in [1.54, 1.807) is 28.4 Å². The van der Waals surface area contributed by atoms with Crippen molar-refractivity contribution in [2.24, 2.45) is 0 Å². The van der Waals surface area contributed by atoms with Gasteiger partial charge in [0.1, 0.15) is 23.0 Å². The largest absolute Gasteiger partial charge is 0.497 e. The standard InChI is InChI=1S/C53H44N2O4/c1-56-45-25-15-39(16-26-45)54(40-17-27-46(57-2)28-18-40)43-23-33-49-50-34-24-44(55(41-19-29-47(58-3)30-20-41)42-21-31-48(59-4)32-22-42)36-52(50)53(51(49)35-43,37-11-7-5-8-12-37)38-13-9-6-10-14-38/h5-36H,1-4H3.